The lowest BCUT2D eigenvalue weighted by Gasteiger charge is -2.35. The molecule has 6 heteroatoms. The Kier molecular flexibility index (Phi) is 8.44. The molecule has 2 amide bonds. The van der Waals surface area contributed by atoms with Crippen LogP contribution in [0, 0.1) is 11.8 Å². The molecule has 0 bridgehead atoms. The maximum atomic E-state index is 13.4. The molecule has 2 aromatic rings. The number of benzene rings is 2. The molecule has 0 aliphatic carbocycles. The molecule has 6 nitrogen and oxygen atoms in total. The largest absolute Gasteiger partial charge is 0.493 e. The molecular weight excluding hydrogens is 452 g/mol. The van der Waals surface area contributed by atoms with E-state index >= 15 is 0 Å². The zero-order valence-corrected chi connectivity index (χ0v) is 21.7. The van der Waals surface area contributed by atoms with Gasteiger partial charge < -0.3 is 14.5 Å². The van der Waals surface area contributed by atoms with E-state index in [1.807, 2.05) is 36.1 Å². The summed E-state index contributed by atoms with van der Waals surface area (Å²) in [5.74, 6) is 1.09. The van der Waals surface area contributed by atoms with E-state index < -0.39 is 6.04 Å². The highest BCUT2D eigenvalue weighted by Gasteiger charge is 2.39. The molecule has 0 aromatic heterocycles. The minimum Gasteiger partial charge on any atom is -0.493 e. The quantitative estimate of drug-likeness (QED) is 0.488. The molecule has 2 aromatic carbocycles. The van der Waals surface area contributed by atoms with Gasteiger partial charge in [0.1, 0.15) is 11.8 Å². The Morgan fingerprint density at radius 2 is 1.64 bits per heavy atom. The van der Waals surface area contributed by atoms with Gasteiger partial charge in [0.05, 0.1) is 12.2 Å². The monoisotopic (exact) mass is 490 g/mol. The first kappa shape index (κ1) is 25.9. The summed E-state index contributed by atoms with van der Waals surface area (Å²) in [4.78, 5) is 43.4. The van der Waals surface area contributed by atoms with Crippen molar-refractivity contribution in [3.05, 3.63) is 65.2 Å². The lowest BCUT2D eigenvalue weighted by atomic mass is 9.88. The average molecular weight is 491 g/mol. The molecule has 0 N–H and O–H groups in total. The van der Waals surface area contributed by atoms with E-state index in [1.165, 1.54) is 5.56 Å². The molecule has 0 radical (unpaired) electrons. The molecule has 192 valence electrons. The molecule has 1 unspecified atom stereocenters. The maximum Gasteiger partial charge on any atom is 0.258 e. The van der Waals surface area contributed by atoms with E-state index in [1.54, 1.807) is 17.0 Å². The molecule has 0 spiro atoms. The summed E-state index contributed by atoms with van der Waals surface area (Å²) in [6.45, 7) is 8.41. The molecule has 36 heavy (non-hydrogen) atoms. The van der Waals surface area contributed by atoms with Gasteiger partial charge >= 0.3 is 0 Å². The summed E-state index contributed by atoms with van der Waals surface area (Å²) < 4.78 is 5.65. The SMILES string of the molecule is CCOc1ccccc1C(=O)N1CCCC1C(=O)N1CCC(C(=O)c2ccc(CC(C)C)cc2)CC1. The molecular formula is C30H38N2O4. The van der Waals surface area contributed by atoms with Crippen LogP contribution in [0.5, 0.6) is 5.75 Å². The van der Waals surface area contributed by atoms with Crippen molar-refractivity contribution in [2.75, 3.05) is 26.2 Å². The highest BCUT2D eigenvalue weighted by Crippen LogP contribution is 2.28. The van der Waals surface area contributed by atoms with E-state index in [0.29, 0.717) is 62.7 Å². The van der Waals surface area contributed by atoms with Crippen molar-refractivity contribution in [2.45, 2.75) is 58.9 Å². The highest BCUT2D eigenvalue weighted by molar-refractivity contribution is 6.00. The van der Waals surface area contributed by atoms with Gasteiger partial charge in [-0.2, -0.15) is 0 Å². The van der Waals surface area contributed by atoms with Crippen LogP contribution in [0.4, 0.5) is 0 Å². The van der Waals surface area contributed by atoms with Gasteiger partial charge in [0, 0.05) is 31.1 Å². The third-order valence-electron chi connectivity index (χ3n) is 7.28. The van der Waals surface area contributed by atoms with Crippen molar-refractivity contribution in [2.24, 2.45) is 11.8 Å². The van der Waals surface area contributed by atoms with Gasteiger partial charge in [0.25, 0.3) is 5.91 Å². The zero-order valence-electron chi connectivity index (χ0n) is 21.7. The summed E-state index contributed by atoms with van der Waals surface area (Å²) in [5.41, 5.74) is 2.51. The number of rotatable bonds is 8. The van der Waals surface area contributed by atoms with Crippen LogP contribution in [0.3, 0.4) is 0 Å². The summed E-state index contributed by atoms with van der Waals surface area (Å²) in [6, 6.07) is 14.8. The molecule has 2 aliphatic rings. The third kappa shape index (κ3) is 5.80. The minimum absolute atomic E-state index is 0.00122. The highest BCUT2D eigenvalue weighted by atomic mass is 16.5. The molecule has 2 fully saturated rings. The number of hydrogen-bond acceptors (Lipinski definition) is 4. The van der Waals surface area contributed by atoms with Crippen molar-refractivity contribution in [1.82, 2.24) is 9.80 Å². The van der Waals surface area contributed by atoms with E-state index in [4.69, 9.17) is 4.74 Å². The normalized spacial score (nSPS) is 18.5. The molecule has 0 saturated carbocycles. The van der Waals surface area contributed by atoms with Crippen LogP contribution in [0.2, 0.25) is 0 Å². The van der Waals surface area contributed by atoms with Crippen LogP contribution in [0.1, 0.15) is 72.7 Å². The second-order valence-electron chi connectivity index (χ2n) is 10.3. The van der Waals surface area contributed by atoms with E-state index in [9.17, 15) is 14.4 Å². The van der Waals surface area contributed by atoms with Crippen LogP contribution in [-0.4, -0.2) is 59.7 Å². The molecule has 2 heterocycles. The van der Waals surface area contributed by atoms with Crippen molar-refractivity contribution in [1.29, 1.82) is 0 Å². The Morgan fingerprint density at radius 1 is 0.944 bits per heavy atom. The number of amides is 2. The van der Waals surface area contributed by atoms with Crippen LogP contribution < -0.4 is 4.74 Å². The van der Waals surface area contributed by atoms with Gasteiger partial charge in [0.2, 0.25) is 5.91 Å². The second kappa shape index (κ2) is 11.7. The minimum atomic E-state index is -0.451. The van der Waals surface area contributed by atoms with Crippen molar-refractivity contribution < 1.29 is 19.1 Å². The van der Waals surface area contributed by atoms with Gasteiger partial charge in [0.15, 0.2) is 5.78 Å². The number of nitrogens with zero attached hydrogens (tertiary/aromatic N) is 2. The van der Waals surface area contributed by atoms with Crippen LogP contribution in [0.15, 0.2) is 48.5 Å². The Hall–Kier alpha value is -3.15. The molecule has 1 atom stereocenters. The van der Waals surface area contributed by atoms with Gasteiger partial charge in [-0.25, -0.2) is 0 Å². The molecule has 4 rings (SSSR count). The topological polar surface area (TPSA) is 66.9 Å². The van der Waals surface area contributed by atoms with E-state index in [2.05, 4.69) is 26.0 Å². The number of ketones is 1. The van der Waals surface area contributed by atoms with Crippen LogP contribution in [-0.2, 0) is 11.2 Å². The lowest BCUT2D eigenvalue weighted by Crippen LogP contribution is -2.50. The van der Waals surface area contributed by atoms with Crippen LogP contribution >= 0.6 is 0 Å². The fourth-order valence-corrected chi connectivity index (χ4v) is 5.43. The van der Waals surface area contributed by atoms with Crippen LogP contribution in [0.25, 0.3) is 0 Å². The van der Waals surface area contributed by atoms with Crippen molar-refractivity contribution in [3.8, 4) is 5.75 Å². The van der Waals surface area contributed by atoms with Crippen molar-refractivity contribution >= 4 is 17.6 Å². The molecule has 2 saturated heterocycles. The second-order valence-corrected chi connectivity index (χ2v) is 10.3. The number of hydrogen-bond donors (Lipinski definition) is 0. The fourth-order valence-electron chi connectivity index (χ4n) is 5.43. The lowest BCUT2D eigenvalue weighted by molar-refractivity contribution is -0.136. The van der Waals surface area contributed by atoms with E-state index in [0.717, 1.165) is 18.4 Å². The maximum absolute atomic E-state index is 13.4. The Morgan fingerprint density at radius 3 is 2.31 bits per heavy atom. The smallest absolute Gasteiger partial charge is 0.258 e. The molecule has 2 aliphatic heterocycles. The predicted octanol–water partition coefficient (Wildman–Crippen LogP) is 5.01. The Labute approximate surface area is 214 Å². The first-order valence-electron chi connectivity index (χ1n) is 13.3. The average Bonchev–Trinajstić information content (AvgIpc) is 3.38. The summed E-state index contributed by atoms with van der Waals surface area (Å²) >= 11 is 0. The van der Waals surface area contributed by atoms with E-state index in [-0.39, 0.29) is 23.5 Å². The van der Waals surface area contributed by atoms with Crippen molar-refractivity contribution in [3.63, 3.8) is 0 Å². The number of piperidine rings is 1. The fraction of sp³-hybridized carbons (Fsp3) is 0.500. The predicted molar refractivity (Wildman–Crippen MR) is 140 cm³/mol. The van der Waals surface area contributed by atoms with Gasteiger partial charge in [-0.05, 0) is 62.6 Å². The summed E-state index contributed by atoms with van der Waals surface area (Å²) in [6.07, 6.45) is 3.80. The Balaban J connectivity index is 1.36. The van der Waals surface area contributed by atoms with Gasteiger partial charge in [-0.1, -0.05) is 50.2 Å². The number of likely N-dealkylation sites (tertiary alicyclic amines) is 2. The van der Waals surface area contributed by atoms with Gasteiger partial charge in [-0.3, -0.25) is 14.4 Å². The van der Waals surface area contributed by atoms with Gasteiger partial charge in [-0.15, -0.1) is 0 Å². The Bertz CT molecular complexity index is 1070. The standard InChI is InChI=1S/C30H38N2O4/c1-4-36-27-10-6-5-8-25(27)29(34)32-17-7-9-26(32)30(35)31-18-15-24(16-19-31)28(33)23-13-11-22(12-14-23)20-21(2)3/h5-6,8,10-14,21,24,26H,4,7,9,15-20H2,1-3H3. The first-order chi connectivity index (χ1) is 17.4. The number of ether oxygens (including phenoxy) is 1. The summed E-state index contributed by atoms with van der Waals surface area (Å²) in [7, 11) is 0. The zero-order chi connectivity index (χ0) is 25.7. The number of carbonyl (C=O) groups is 3. The number of carbonyl (C=O) groups excluding carboxylic acids is 3. The third-order valence-corrected chi connectivity index (χ3v) is 7.28. The number of para-hydroxylation sites is 1. The number of Topliss-reactive ketones (excluding diaryl/α,β-unsaturated/α-hetero) is 1. The summed E-state index contributed by atoms with van der Waals surface area (Å²) in [5, 5.41) is 0. The first-order valence-corrected chi connectivity index (χ1v) is 13.3.